The molecule has 7 heteroatoms. The van der Waals surface area contributed by atoms with Crippen LogP contribution in [0.2, 0.25) is 0 Å². The number of fused-ring (bicyclic) bond motifs is 1. The predicted octanol–water partition coefficient (Wildman–Crippen LogP) is 2.34. The van der Waals surface area contributed by atoms with Crippen molar-refractivity contribution in [1.29, 1.82) is 0 Å². The van der Waals surface area contributed by atoms with E-state index in [2.05, 4.69) is 15.3 Å². The number of hydrogen-bond acceptors (Lipinski definition) is 6. The van der Waals surface area contributed by atoms with E-state index in [0.29, 0.717) is 5.82 Å². The lowest BCUT2D eigenvalue weighted by atomic mass is 10.1. The SMILES string of the molecule is CC(CCc1ccc2c(c1)OCO2)Nc1cnc(C(=O)O)cn1. The molecule has 1 aromatic heterocycles. The molecule has 2 heterocycles. The van der Waals surface area contributed by atoms with E-state index < -0.39 is 5.97 Å². The molecule has 3 rings (SSSR count). The monoisotopic (exact) mass is 315 g/mol. The highest BCUT2D eigenvalue weighted by Crippen LogP contribution is 2.32. The Morgan fingerprint density at radius 3 is 2.87 bits per heavy atom. The third-order valence-electron chi connectivity index (χ3n) is 3.57. The van der Waals surface area contributed by atoms with Gasteiger partial charge in [0.05, 0.1) is 12.4 Å². The zero-order valence-corrected chi connectivity index (χ0v) is 12.7. The van der Waals surface area contributed by atoms with Gasteiger partial charge in [-0.2, -0.15) is 0 Å². The Morgan fingerprint density at radius 1 is 1.30 bits per heavy atom. The second-order valence-corrected chi connectivity index (χ2v) is 5.36. The van der Waals surface area contributed by atoms with Gasteiger partial charge in [0.2, 0.25) is 6.79 Å². The number of aromatic carboxylic acids is 1. The molecule has 0 saturated heterocycles. The third kappa shape index (κ3) is 3.68. The van der Waals surface area contributed by atoms with Gasteiger partial charge in [0.1, 0.15) is 5.82 Å². The second kappa shape index (κ2) is 6.51. The molecule has 0 amide bonds. The molecule has 1 aliphatic heterocycles. The van der Waals surface area contributed by atoms with Crippen LogP contribution in [0, 0.1) is 0 Å². The van der Waals surface area contributed by atoms with Crippen LogP contribution in [-0.2, 0) is 6.42 Å². The molecule has 0 aliphatic carbocycles. The summed E-state index contributed by atoms with van der Waals surface area (Å²) >= 11 is 0. The number of anilines is 1. The first kappa shape index (κ1) is 15.1. The molecule has 120 valence electrons. The van der Waals surface area contributed by atoms with Crippen molar-refractivity contribution in [2.75, 3.05) is 12.1 Å². The number of nitrogens with zero attached hydrogens (tertiary/aromatic N) is 2. The van der Waals surface area contributed by atoms with Gasteiger partial charge in [-0.15, -0.1) is 0 Å². The molecule has 2 aromatic rings. The van der Waals surface area contributed by atoms with Crippen LogP contribution in [0.25, 0.3) is 0 Å². The van der Waals surface area contributed by atoms with Crippen molar-refractivity contribution < 1.29 is 19.4 Å². The highest BCUT2D eigenvalue weighted by atomic mass is 16.7. The van der Waals surface area contributed by atoms with Crippen LogP contribution in [0.3, 0.4) is 0 Å². The van der Waals surface area contributed by atoms with Crippen LogP contribution in [0.4, 0.5) is 5.82 Å². The third-order valence-corrected chi connectivity index (χ3v) is 3.57. The van der Waals surface area contributed by atoms with Gasteiger partial charge in [-0.25, -0.2) is 14.8 Å². The Labute approximate surface area is 133 Å². The zero-order valence-electron chi connectivity index (χ0n) is 12.7. The van der Waals surface area contributed by atoms with E-state index in [1.807, 2.05) is 25.1 Å². The van der Waals surface area contributed by atoms with Crippen molar-refractivity contribution in [2.24, 2.45) is 0 Å². The fourth-order valence-corrected chi connectivity index (χ4v) is 2.32. The predicted molar refractivity (Wildman–Crippen MR) is 83.0 cm³/mol. The number of benzene rings is 1. The number of carboxylic acid groups (broad SMARTS) is 1. The summed E-state index contributed by atoms with van der Waals surface area (Å²) in [7, 11) is 0. The molecule has 7 nitrogen and oxygen atoms in total. The minimum absolute atomic E-state index is 0.0661. The largest absolute Gasteiger partial charge is 0.476 e. The van der Waals surface area contributed by atoms with Crippen molar-refractivity contribution in [3.05, 3.63) is 41.9 Å². The molecular weight excluding hydrogens is 298 g/mol. The molecule has 2 N–H and O–H groups in total. The smallest absolute Gasteiger partial charge is 0.356 e. The standard InChI is InChI=1S/C16H17N3O4/c1-10(19-15-8-17-12(7-18-15)16(20)21)2-3-11-4-5-13-14(6-11)23-9-22-13/h4-8,10H,2-3,9H2,1H3,(H,18,19)(H,20,21). The summed E-state index contributed by atoms with van der Waals surface area (Å²) in [4.78, 5) is 18.6. The lowest BCUT2D eigenvalue weighted by Crippen LogP contribution is -2.17. The lowest BCUT2D eigenvalue weighted by Gasteiger charge is -2.14. The van der Waals surface area contributed by atoms with Gasteiger partial charge < -0.3 is 19.9 Å². The Balaban J connectivity index is 1.53. The van der Waals surface area contributed by atoms with Crippen LogP contribution in [0.5, 0.6) is 11.5 Å². The molecule has 0 radical (unpaired) electrons. The van der Waals surface area contributed by atoms with Crippen molar-refractivity contribution in [2.45, 2.75) is 25.8 Å². The van der Waals surface area contributed by atoms with E-state index in [0.717, 1.165) is 24.3 Å². The summed E-state index contributed by atoms with van der Waals surface area (Å²) in [6.07, 6.45) is 4.45. The molecule has 0 spiro atoms. The summed E-state index contributed by atoms with van der Waals surface area (Å²) in [5.41, 5.74) is 1.11. The maximum atomic E-state index is 10.7. The fraction of sp³-hybridized carbons (Fsp3) is 0.312. The van der Waals surface area contributed by atoms with E-state index in [4.69, 9.17) is 14.6 Å². The molecule has 23 heavy (non-hydrogen) atoms. The van der Waals surface area contributed by atoms with Gasteiger partial charge in [-0.3, -0.25) is 0 Å². The summed E-state index contributed by atoms with van der Waals surface area (Å²) in [6, 6.07) is 6.12. The summed E-state index contributed by atoms with van der Waals surface area (Å²) < 4.78 is 10.7. The van der Waals surface area contributed by atoms with Crippen LogP contribution >= 0.6 is 0 Å². The van der Waals surface area contributed by atoms with E-state index in [-0.39, 0.29) is 18.5 Å². The summed E-state index contributed by atoms with van der Waals surface area (Å²) in [6.45, 7) is 2.32. The van der Waals surface area contributed by atoms with Crippen LogP contribution < -0.4 is 14.8 Å². The number of carbonyl (C=O) groups is 1. The molecule has 1 atom stereocenters. The Kier molecular flexibility index (Phi) is 4.27. The lowest BCUT2D eigenvalue weighted by molar-refractivity contribution is 0.0690. The minimum Gasteiger partial charge on any atom is -0.476 e. The van der Waals surface area contributed by atoms with E-state index >= 15 is 0 Å². The number of nitrogens with one attached hydrogen (secondary N) is 1. The number of carboxylic acids is 1. The molecular formula is C16H17N3O4. The van der Waals surface area contributed by atoms with Crippen LogP contribution in [0.1, 0.15) is 29.4 Å². The van der Waals surface area contributed by atoms with Crippen molar-refractivity contribution in [3.63, 3.8) is 0 Å². The first-order chi connectivity index (χ1) is 11.1. The highest BCUT2D eigenvalue weighted by Gasteiger charge is 2.13. The maximum Gasteiger partial charge on any atom is 0.356 e. The molecule has 1 aliphatic rings. The van der Waals surface area contributed by atoms with Crippen LogP contribution in [-0.4, -0.2) is 33.9 Å². The van der Waals surface area contributed by atoms with Gasteiger partial charge in [0, 0.05) is 6.04 Å². The molecule has 0 saturated carbocycles. The normalized spacial score (nSPS) is 13.6. The zero-order chi connectivity index (χ0) is 16.2. The number of ether oxygens (including phenoxy) is 2. The average Bonchev–Trinajstić information content (AvgIpc) is 3.01. The number of hydrogen-bond donors (Lipinski definition) is 2. The highest BCUT2D eigenvalue weighted by molar-refractivity contribution is 5.84. The van der Waals surface area contributed by atoms with E-state index in [1.54, 1.807) is 0 Å². The van der Waals surface area contributed by atoms with Crippen molar-refractivity contribution in [1.82, 2.24) is 9.97 Å². The summed E-state index contributed by atoms with van der Waals surface area (Å²) in [5, 5.41) is 12.0. The quantitative estimate of drug-likeness (QED) is 0.845. The fourth-order valence-electron chi connectivity index (χ4n) is 2.32. The minimum atomic E-state index is -1.08. The van der Waals surface area contributed by atoms with E-state index in [1.165, 1.54) is 18.0 Å². The van der Waals surface area contributed by atoms with Crippen LogP contribution in [0.15, 0.2) is 30.6 Å². The molecule has 1 unspecified atom stereocenters. The van der Waals surface area contributed by atoms with Gasteiger partial charge in [-0.05, 0) is 37.5 Å². The van der Waals surface area contributed by atoms with E-state index in [9.17, 15) is 4.79 Å². The number of aromatic nitrogens is 2. The molecule has 0 fully saturated rings. The van der Waals surface area contributed by atoms with Crippen molar-refractivity contribution in [3.8, 4) is 11.5 Å². The Hall–Kier alpha value is -2.83. The summed E-state index contributed by atoms with van der Waals surface area (Å²) in [5.74, 6) is 1.06. The molecule has 0 bridgehead atoms. The van der Waals surface area contributed by atoms with Gasteiger partial charge >= 0.3 is 5.97 Å². The number of rotatable bonds is 6. The van der Waals surface area contributed by atoms with Gasteiger partial charge in [0.15, 0.2) is 17.2 Å². The molecule has 1 aromatic carbocycles. The first-order valence-electron chi connectivity index (χ1n) is 7.32. The maximum absolute atomic E-state index is 10.7. The topological polar surface area (TPSA) is 93.6 Å². The first-order valence-corrected chi connectivity index (χ1v) is 7.32. The van der Waals surface area contributed by atoms with Gasteiger partial charge in [-0.1, -0.05) is 6.07 Å². The number of aryl methyl sites for hydroxylation is 1. The van der Waals surface area contributed by atoms with Gasteiger partial charge in [0.25, 0.3) is 0 Å². The Bertz CT molecular complexity index is 703. The average molecular weight is 315 g/mol. The Morgan fingerprint density at radius 2 is 2.13 bits per heavy atom. The second-order valence-electron chi connectivity index (χ2n) is 5.36. The van der Waals surface area contributed by atoms with Crippen molar-refractivity contribution >= 4 is 11.8 Å².